The molecule has 0 atom stereocenters. The molecule has 0 fully saturated rings. The van der Waals surface area contributed by atoms with Crippen molar-refractivity contribution in [1.82, 2.24) is 14.5 Å². The second kappa shape index (κ2) is 18.2. The third-order valence-corrected chi connectivity index (χ3v) is 17.5. The molecule has 6 heterocycles. The molecule has 7 aromatic carbocycles. The summed E-state index contributed by atoms with van der Waals surface area (Å²) < 4.78 is 25.2. The molecule has 0 amide bonds. The van der Waals surface area contributed by atoms with Gasteiger partial charge in [-0.05, 0) is 25.1 Å². The van der Waals surface area contributed by atoms with E-state index in [-0.39, 0.29) is 63.8 Å². The average Bonchev–Trinajstić information content (AvgIpc) is 3.92. The minimum absolute atomic E-state index is 0. The number of benzene rings is 7. The molecule has 2 aliphatic heterocycles. The predicted octanol–water partition coefficient (Wildman–Crippen LogP) is 13.2. The van der Waals surface area contributed by atoms with Crippen molar-refractivity contribution in [3.63, 3.8) is 0 Å². The second-order valence-electron chi connectivity index (χ2n) is 23.1. The molecule has 0 spiro atoms. The molecule has 0 saturated heterocycles. The van der Waals surface area contributed by atoms with Crippen LogP contribution in [0, 0.1) is 31.8 Å². The fourth-order valence-corrected chi connectivity index (χ4v) is 13.3. The molecular weight excluding hydrogens is 1150 g/mol. The Bertz CT molecular complexity index is 4040. The van der Waals surface area contributed by atoms with Crippen LogP contribution in [0.15, 0.2) is 150 Å². The van der Waals surface area contributed by atoms with Crippen molar-refractivity contribution >= 4 is 90.7 Å². The predicted molar refractivity (Wildman–Crippen MR) is 306 cm³/mol. The Morgan fingerprint density at radius 2 is 1.34 bits per heavy atom. The van der Waals surface area contributed by atoms with Crippen molar-refractivity contribution in [2.24, 2.45) is 0 Å². The van der Waals surface area contributed by atoms with Gasteiger partial charge >= 0.3 is 349 Å². The molecule has 74 heavy (non-hydrogen) atoms. The topological polar surface area (TPSA) is 43.9 Å². The van der Waals surface area contributed by atoms with Gasteiger partial charge in [0, 0.05) is 32.1 Å². The van der Waals surface area contributed by atoms with Gasteiger partial charge in [0.25, 0.3) is 0 Å². The number of hydrogen-bond acceptors (Lipinski definition) is 3. The summed E-state index contributed by atoms with van der Waals surface area (Å²) in [5, 5.41) is 4.87. The molecule has 0 bridgehead atoms. The average molecular weight is 1210 g/mol. The monoisotopic (exact) mass is 1210 g/mol. The minimum atomic E-state index is -0.275. The maximum Gasteiger partial charge on any atom is 0.0379 e. The fourth-order valence-electron chi connectivity index (χ4n) is 10.8. The molecule has 11 aromatic rings. The van der Waals surface area contributed by atoms with Crippen LogP contribution in [0.2, 0.25) is 0 Å². The molecular formula is C66H57BFIrN3OSe-2. The molecule has 1 radical (unpaired) electrons. The largest absolute Gasteiger partial charge is 0.304 e. The third kappa shape index (κ3) is 8.39. The number of aryl methyl sites for hydroxylation is 2. The van der Waals surface area contributed by atoms with Gasteiger partial charge in [0.05, 0.1) is 0 Å². The van der Waals surface area contributed by atoms with E-state index in [9.17, 15) is 4.39 Å². The van der Waals surface area contributed by atoms with E-state index in [1.165, 1.54) is 92.8 Å². The molecule has 2 aliphatic rings. The molecule has 0 saturated carbocycles. The van der Waals surface area contributed by atoms with E-state index in [4.69, 9.17) is 4.42 Å². The Labute approximate surface area is 454 Å². The number of rotatable bonds is 3. The second-order valence-corrected chi connectivity index (χ2v) is 25.4. The molecule has 369 valence electrons. The maximum atomic E-state index is 12.7. The van der Waals surface area contributed by atoms with Gasteiger partial charge in [-0.2, -0.15) is 0 Å². The first-order valence-corrected chi connectivity index (χ1v) is 27.1. The molecule has 8 heteroatoms. The number of nitrogens with zero attached hydrogens (tertiary/aromatic N) is 3. The Hall–Kier alpha value is -6.40. The Balaban J connectivity index is 0.000000316. The smallest absolute Gasteiger partial charge is 0.0379 e. The first-order chi connectivity index (χ1) is 34.8. The summed E-state index contributed by atoms with van der Waals surface area (Å²) in [6.45, 7) is 25.3. The number of furan rings is 1. The van der Waals surface area contributed by atoms with Crippen LogP contribution in [0.4, 0.5) is 4.39 Å². The summed E-state index contributed by atoms with van der Waals surface area (Å²) in [6.07, 6.45) is 3.65. The summed E-state index contributed by atoms with van der Waals surface area (Å²) in [5.41, 5.74) is 22.2. The number of aromatic nitrogens is 3. The first kappa shape index (κ1) is 49.8. The van der Waals surface area contributed by atoms with Crippen molar-refractivity contribution in [3.8, 4) is 39.3 Å². The van der Waals surface area contributed by atoms with E-state index < -0.39 is 0 Å². The van der Waals surface area contributed by atoms with E-state index in [0.717, 1.165) is 55.6 Å². The van der Waals surface area contributed by atoms with Crippen LogP contribution in [-0.4, -0.2) is 36.2 Å². The number of pyridine rings is 2. The van der Waals surface area contributed by atoms with Gasteiger partial charge in [0.15, 0.2) is 0 Å². The zero-order valence-electron chi connectivity index (χ0n) is 43.8. The van der Waals surface area contributed by atoms with Gasteiger partial charge in [-0.3, -0.25) is 4.39 Å². The van der Waals surface area contributed by atoms with Gasteiger partial charge in [0.2, 0.25) is 0 Å². The van der Waals surface area contributed by atoms with Gasteiger partial charge in [0.1, 0.15) is 0 Å². The van der Waals surface area contributed by atoms with Crippen molar-refractivity contribution < 1.29 is 28.9 Å². The maximum absolute atomic E-state index is 12.7. The number of fused-ring (bicyclic) bond motifs is 10. The van der Waals surface area contributed by atoms with E-state index in [1.54, 1.807) is 6.07 Å². The van der Waals surface area contributed by atoms with Crippen molar-refractivity contribution in [2.75, 3.05) is 0 Å². The van der Waals surface area contributed by atoms with Crippen molar-refractivity contribution in [1.29, 1.82) is 0 Å². The van der Waals surface area contributed by atoms with Crippen LogP contribution < -0.4 is 25.3 Å². The van der Waals surface area contributed by atoms with E-state index in [0.29, 0.717) is 0 Å². The van der Waals surface area contributed by atoms with Gasteiger partial charge in [-0.15, -0.1) is 29.8 Å². The fraction of sp³-hybridized carbons (Fsp3) is 0.212. The quantitative estimate of drug-likeness (QED) is 0.131. The summed E-state index contributed by atoms with van der Waals surface area (Å²) >= 11 is 0.103. The number of halogens is 1. The SMILES string of the molecule is CC(C)(C)c1ccc2c(c1)B1c3c(cc(-c4cccc5c4oc4c(-c6ccccn6)[c-]ccc45)cc3-n3c4ccc(C(C)(C)C)cc4c4cc(C(C)(C)C)cc1c43)[Se]2.Cc1cnc(-c2[c-]cc(F)cc2)cc1C.[Ir]. The standard InChI is InChI=1S/C53H46BN2OSe.C13H11FN.Ir/c1-51(2,3)31-19-21-43-38(26-31)39-27-33(53(7,8)9)29-41-48(39)56(43)44-24-30(25-46-47(44)54(41)40-28-32(52(4,5)6)20-22-45(40)58-46)34-14-12-15-35-36-16-13-17-37(50(36)57-49(34)35)42-18-10-11-23-55-42;1-9-7-13(15-8-10(9)2)11-3-5-12(14)6-4-11;/h10-16,18-29H,1-9H3;3,5-8H,1-2H3;/q2*-1;. The molecule has 4 aromatic heterocycles. The van der Waals surface area contributed by atoms with E-state index >= 15 is 0 Å². The van der Waals surface area contributed by atoms with E-state index in [2.05, 4.69) is 174 Å². The Morgan fingerprint density at radius 3 is 2.05 bits per heavy atom. The molecule has 13 rings (SSSR count). The zero-order chi connectivity index (χ0) is 50.9. The van der Waals surface area contributed by atoms with Gasteiger partial charge in [-0.25, -0.2) is 0 Å². The van der Waals surface area contributed by atoms with Gasteiger partial charge in [-0.1, -0.05) is 11.6 Å². The van der Waals surface area contributed by atoms with Crippen LogP contribution in [0.3, 0.4) is 0 Å². The normalized spacial score (nSPS) is 12.9. The van der Waals surface area contributed by atoms with Crippen LogP contribution in [0.5, 0.6) is 0 Å². The van der Waals surface area contributed by atoms with E-state index in [1.807, 2.05) is 56.6 Å². The third-order valence-electron chi connectivity index (χ3n) is 15.1. The minimum Gasteiger partial charge on any atom is -0.304 e. The summed E-state index contributed by atoms with van der Waals surface area (Å²) in [6, 6.07) is 54.1. The first-order valence-electron chi connectivity index (χ1n) is 25.3. The Kier molecular flexibility index (Phi) is 12.2. The number of para-hydroxylation sites is 1. The summed E-state index contributed by atoms with van der Waals surface area (Å²) in [7, 11) is 0. The molecule has 4 nitrogen and oxygen atoms in total. The van der Waals surface area contributed by atoms with Crippen LogP contribution >= 0.6 is 0 Å². The van der Waals surface area contributed by atoms with Crippen LogP contribution in [-0.2, 0) is 36.4 Å². The Morgan fingerprint density at radius 1 is 0.608 bits per heavy atom. The molecule has 0 N–H and O–H groups in total. The number of hydrogen-bond donors (Lipinski definition) is 0. The van der Waals surface area contributed by atoms with Crippen LogP contribution in [0.1, 0.15) is 90.1 Å². The van der Waals surface area contributed by atoms with Gasteiger partial charge < -0.3 is 4.98 Å². The van der Waals surface area contributed by atoms with Crippen LogP contribution in [0.25, 0.3) is 83.1 Å². The summed E-state index contributed by atoms with van der Waals surface area (Å²) in [4.78, 5) is 8.96. The summed E-state index contributed by atoms with van der Waals surface area (Å²) in [5.74, 6) is -0.275. The molecule has 0 aliphatic carbocycles. The van der Waals surface area contributed by atoms with Crippen molar-refractivity contribution in [3.05, 3.63) is 192 Å². The zero-order valence-corrected chi connectivity index (χ0v) is 47.9. The van der Waals surface area contributed by atoms with Crippen molar-refractivity contribution in [2.45, 2.75) is 92.4 Å². The molecule has 0 unspecified atom stereocenters.